The maximum Gasteiger partial charge on any atom is 0.280 e. The van der Waals surface area contributed by atoms with E-state index in [1.165, 1.54) is 6.20 Å². The maximum absolute atomic E-state index is 11.6. The number of hydroxylamine groups is 2. The van der Waals surface area contributed by atoms with Crippen LogP contribution in [-0.4, -0.2) is 45.1 Å². The number of β-amino-alcohol motifs (C(OH)–C–C–N with tert-alkyl or cyclic N) is 1. The third-order valence-corrected chi connectivity index (χ3v) is 1.98. The van der Waals surface area contributed by atoms with Gasteiger partial charge >= 0.3 is 0 Å². The van der Waals surface area contributed by atoms with Gasteiger partial charge in [0.05, 0.1) is 18.3 Å². The Kier molecular flexibility index (Phi) is 2.22. The SMILES string of the molecule is Cn1cc(C(=O)N2C[C@H](O)CO2)cn1. The van der Waals surface area contributed by atoms with Crippen LogP contribution in [-0.2, 0) is 11.9 Å². The molecule has 1 fully saturated rings. The van der Waals surface area contributed by atoms with Gasteiger partial charge < -0.3 is 5.11 Å². The second-order valence-corrected chi connectivity index (χ2v) is 3.22. The van der Waals surface area contributed by atoms with Crippen molar-refractivity contribution in [3.63, 3.8) is 0 Å². The molecule has 0 aromatic carbocycles. The van der Waals surface area contributed by atoms with Gasteiger partial charge in [-0.25, -0.2) is 5.06 Å². The standard InChI is InChI=1S/C8H11N3O3/c1-10-3-6(2-9-10)8(13)11-4-7(12)5-14-11/h2-3,7,12H,4-5H2,1H3/t7-/m0/s1. The summed E-state index contributed by atoms with van der Waals surface area (Å²) in [4.78, 5) is 16.6. The van der Waals surface area contributed by atoms with Crippen molar-refractivity contribution in [2.24, 2.45) is 7.05 Å². The number of aryl methyl sites for hydroxylation is 1. The van der Waals surface area contributed by atoms with E-state index in [1.54, 1.807) is 17.9 Å². The van der Waals surface area contributed by atoms with Crippen LogP contribution in [0, 0.1) is 0 Å². The molecule has 1 aliphatic rings. The minimum Gasteiger partial charge on any atom is -0.389 e. The molecule has 1 aromatic rings. The molecule has 0 saturated carbocycles. The first-order valence-electron chi connectivity index (χ1n) is 4.28. The fourth-order valence-corrected chi connectivity index (χ4v) is 1.29. The maximum atomic E-state index is 11.6. The Morgan fingerprint density at radius 2 is 2.57 bits per heavy atom. The molecule has 1 aliphatic heterocycles. The van der Waals surface area contributed by atoms with Gasteiger partial charge in [0.2, 0.25) is 0 Å². The molecular weight excluding hydrogens is 186 g/mol. The predicted octanol–water partition coefficient (Wildman–Crippen LogP) is -0.832. The van der Waals surface area contributed by atoms with Crippen LogP contribution < -0.4 is 0 Å². The predicted molar refractivity (Wildman–Crippen MR) is 46.2 cm³/mol. The van der Waals surface area contributed by atoms with E-state index in [4.69, 9.17) is 9.94 Å². The lowest BCUT2D eigenvalue weighted by Gasteiger charge is -2.11. The summed E-state index contributed by atoms with van der Waals surface area (Å²) in [5, 5.41) is 14.2. The van der Waals surface area contributed by atoms with Crippen molar-refractivity contribution in [1.82, 2.24) is 14.8 Å². The van der Waals surface area contributed by atoms with Gasteiger partial charge in [-0.15, -0.1) is 0 Å². The summed E-state index contributed by atoms with van der Waals surface area (Å²) in [6.07, 6.45) is 2.49. The Morgan fingerprint density at radius 1 is 1.79 bits per heavy atom. The van der Waals surface area contributed by atoms with Gasteiger partial charge in [0.25, 0.3) is 5.91 Å². The fraction of sp³-hybridized carbons (Fsp3) is 0.500. The smallest absolute Gasteiger partial charge is 0.280 e. The molecule has 2 rings (SSSR count). The van der Waals surface area contributed by atoms with E-state index in [0.717, 1.165) is 5.06 Å². The van der Waals surface area contributed by atoms with E-state index in [9.17, 15) is 4.79 Å². The van der Waals surface area contributed by atoms with Crippen molar-refractivity contribution < 1.29 is 14.7 Å². The van der Waals surface area contributed by atoms with Crippen LogP contribution in [0.1, 0.15) is 10.4 Å². The highest BCUT2D eigenvalue weighted by Gasteiger charge is 2.27. The van der Waals surface area contributed by atoms with E-state index < -0.39 is 6.10 Å². The fourth-order valence-electron chi connectivity index (χ4n) is 1.29. The largest absolute Gasteiger partial charge is 0.389 e. The topological polar surface area (TPSA) is 67.6 Å². The van der Waals surface area contributed by atoms with Crippen LogP contribution in [0.25, 0.3) is 0 Å². The van der Waals surface area contributed by atoms with Crippen molar-refractivity contribution in [2.45, 2.75) is 6.10 Å². The van der Waals surface area contributed by atoms with Crippen molar-refractivity contribution in [2.75, 3.05) is 13.2 Å². The summed E-state index contributed by atoms with van der Waals surface area (Å²) < 4.78 is 1.54. The lowest BCUT2D eigenvalue weighted by molar-refractivity contribution is -0.0779. The van der Waals surface area contributed by atoms with E-state index in [2.05, 4.69) is 5.10 Å². The van der Waals surface area contributed by atoms with Gasteiger partial charge in [-0.1, -0.05) is 0 Å². The molecule has 2 heterocycles. The Labute approximate surface area is 80.6 Å². The minimum atomic E-state index is -0.587. The van der Waals surface area contributed by atoms with Crippen LogP contribution in [0.5, 0.6) is 0 Å². The van der Waals surface area contributed by atoms with E-state index >= 15 is 0 Å². The number of hydrogen-bond donors (Lipinski definition) is 1. The van der Waals surface area contributed by atoms with Crippen LogP contribution in [0.2, 0.25) is 0 Å². The monoisotopic (exact) mass is 197 g/mol. The highest BCUT2D eigenvalue weighted by molar-refractivity contribution is 5.93. The first-order chi connectivity index (χ1) is 6.66. The number of amides is 1. The number of hydrogen-bond acceptors (Lipinski definition) is 4. The summed E-state index contributed by atoms with van der Waals surface area (Å²) in [6, 6.07) is 0. The number of nitrogens with zero attached hydrogens (tertiary/aromatic N) is 3. The minimum absolute atomic E-state index is 0.173. The zero-order valence-corrected chi connectivity index (χ0v) is 7.75. The highest BCUT2D eigenvalue weighted by atomic mass is 16.7. The van der Waals surface area contributed by atoms with Gasteiger partial charge in [0.1, 0.15) is 12.7 Å². The second-order valence-electron chi connectivity index (χ2n) is 3.22. The number of rotatable bonds is 1. The number of carbonyl (C=O) groups excluding carboxylic acids is 1. The van der Waals surface area contributed by atoms with Crippen LogP contribution in [0.15, 0.2) is 12.4 Å². The van der Waals surface area contributed by atoms with Gasteiger partial charge in [-0.2, -0.15) is 5.10 Å². The molecule has 1 amide bonds. The quantitative estimate of drug-likeness (QED) is 0.638. The van der Waals surface area contributed by atoms with Crippen LogP contribution >= 0.6 is 0 Å². The lowest BCUT2D eigenvalue weighted by Crippen LogP contribution is -2.28. The van der Waals surface area contributed by atoms with E-state index in [0.29, 0.717) is 5.56 Å². The average molecular weight is 197 g/mol. The normalized spacial score (nSPS) is 21.6. The Balaban J connectivity index is 2.09. The summed E-state index contributed by atoms with van der Waals surface area (Å²) in [5.74, 6) is -0.269. The van der Waals surface area contributed by atoms with E-state index in [1.807, 2.05) is 0 Å². The number of aromatic nitrogens is 2. The average Bonchev–Trinajstić information content (AvgIpc) is 2.73. The molecule has 76 valence electrons. The first kappa shape index (κ1) is 9.17. The first-order valence-corrected chi connectivity index (χ1v) is 4.28. The van der Waals surface area contributed by atoms with Gasteiger partial charge in [-0.05, 0) is 0 Å². The molecule has 1 aromatic heterocycles. The molecule has 1 N–H and O–H groups in total. The summed E-state index contributed by atoms with van der Waals surface area (Å²) in [7, 11) is 1.73. The highest BCUT2D eigenvalue weighted by Crippen LogP contribution is 2.10. The van der Waals surface area contributed by atoms with Gasteiger partial charge in [0, 0.05) is 13.2 Å². The zero-order chi connectivity index (χ0) is 10.1. The Hall–Kier alpha value is -1.40. The van der Waals surface area contributed by atoms with Crippen LogP contribution in [0.3, 0.4) is 0 Å². The summed E-state index contributed by atoms with van der Waals surface area (Å²) in [6.45, 7) is 0.389. The molecule has 6 heteroatoms. The third-order valence-electron chi connectivity index (χ3n) is 1.98. The molecule has 0 unspecified atom stereocenters. The van der Waals surface area contributed by atoms with Gasteiger partial charge in [0.15, 0.2) is 0 Å². The molecule has 0 aliphatic carbocycles. The number of aliphatic hydroxyl groups is 1. The van der Waals surface area contributed by atoms with Crippen molar-refractivity contribution >= 4 is 5.91 Å². The van der Waals surface area contributed by atoms with Crippen molar-refractivity contribution in [1.29, 1.82) is 0 Å². The molecule has 1 atom stereocenters. The molecule has 0 bridgehead atoms. The summed E-state index contributed by atoms with van der Waals surface area (Å²) in [5.41, 5.74) is 0.460. The van der Waals surface area contributed by atoms with Gasteiger partial charge in [-0.3, -0.25) is 14.3 Å². The molecule has 0 spiro atoms. The molecule has 14 heavy (non-hydrogen) atoms. The third kappa shape index (κ3) is 1.61. The van der Waals surface area contributed by atoms with Crippen molar-refractivity contribution in [3.05, 3.63) is 18.0 Å². The Bertz CT molecular complexity index is 349. The molecule has 1 saturated heterocycles. The van der Waals surface area contributed by atoms with E-state index in [-0.39, 0.29) is 19.1 Å². The number of aliphatic hydroxyl groups excluding tert-OH is 1. The number of carbonyl (C=O) groups is 1. The zero-order valence-electron chi connectivity index (χ0n) is 7.75. The molecule has 0 radical (unpaired) electrons. The molecular formula is C8H11N3O3. The lowest BCUT2D eigenvalue weighted by atomic mass is 10.3. The van der Waals surface area contributed by atoms with Crippen LogP contribution in [0.4, 0.5) is 0 Å². The Morgan fingerprint density at radius 3 is 3.07 bits per heavy atom. The molecule has 6 nitrogen and oxygen atoms in total. The second kappa shape index (κ2) is 3.39. The van der Waals surface area contributed by atoms with Crippen molar-refractivity contribution in [3.8, 4) is 0 Å². The summed E-state index contributed by atoms with van der Waals surface area (Å²) >= 11 is 0.